The molecular formula is C23H29ClN2O3. The average Bonchev–Trinajstić information content (AvgIpc) is 2.65. The normalized spacial score (nSPS) is 12.4. The fourth-order valence-corrected chi connectivity index (χ4v) is 3.10. The van der Waals surface area contributed by atoms with Crippen molar-refractivity contribution < 1.29 is 14.3 Å². The molecule has 0 aliphatic rings. The van der Waals surface area contributed by atoms with Gasteiger partial charge in [-0.15, -0.1) is 0 Å². The first-order valence-electron chi connectivity index (χ1n) is 9.58. The summed E-state index contributed by atoms with van der Waals surface area (Å²) in [5.41, 5.74) is 2.21. The van der Waals surface area contributed by atoms with Gasteiger partial charge in [0.15, 0.2) is 0 Å². The van der Waals surface area contributed by atoms with Crippen LogP contribution in [0.15, 0.2) is 42.5 Å². The molecule has 2 N–H and O–H groups in total. The molecule has 0 saturated heterocycles. The predicted molar refractivity (Wildman–Crippen MR) is 118 cm³/mol. The summed E-state index contributed by atoms with van der Waals surface area (Å²) in [6.45, 7) is 10.1. The van der Waals surface area contributed by atoms with Crippen molar-refractivity contribution in [3.8, 4) is 5.75 Å². The van der Waals surface area contributed by atoms with Crippen LogP contribution in [-0.2, 0) is 10.2 Å². The Bertz CT molecular complexity index is 871. The van der Waals surface area contributed by atoms with Gasteiger partial charge in [0.2, 0.25) is 5.91 Å². The van der Waals surface area contributed by atoms with E-state index < -0.39 is 6.04 Å². The molecular weight excluding hydrogens is 388 g/mol. The van der Waals surface area contributed by atoms with Crippen molar-refractivity contribution in [1.29, 1.82) is 0 Å². The van der Waals surface area contributed by atoms with Gasteiger partial charge in [0.25, 0.3) is 5.91 Å². The van der Waals surface area contributed by atoms with Crippen LogP contribution in [0.25, 0.3) is 0 Å². The number of carbonyl (C=O) groups excluding carboxylic acids is 2. The Morgan fingerprint density at radius 1 is 1.03 bits per heavy atom. The summed E-state index contributed by atoms with van der Waals surface area (Å²) in [7, 11) is 1.53. The fourth-order valence-electron chi connectivity index (χ4n) is 2.85. The maximum absolute atomic E-state index is 12.8. The third-order valence-corrected chi connectivity index (χ3v) is 4.96. The minimum Gasteiger partial charge on any atom is -0.495 e. The Morgan fingerprint density at radius 3 is 2.14 bits per heavy atom. The van der Waals surface area contributed by atoms with Crippen LogP contribution in [0.3, 0.4) is 0 Å². The van der Waals surface area contributed by atoms with E-state index in [9.17, 15) is 9.59 Å². The van der Waals surface area contributed by atoms with E-state index in [0.29, 0.717) is 22.0 Å². The number of hydrogen-bond acceptors (Lipinski definition) is 3. The number of methoxy groups -OCH3 is 1. The van der Waals surface area contributed by atoms with Crippen LogP contribution >= 0.6 is 11.6 Å². The van der Waals surface area contributed by atoms with Crippen LogP contribution in [0, 0.1) is 5.92 Å². The molecule has 0 spiro atoms. The number of carbonyl (C=O) groups is 2. The zero-order valence-corrected chi connectivity index (χ0v) is 18.6. The zero-order chi connectivity index (χ0) is 21.8. The van der Waals surface area contributed by atoms with Crippen molar-refractivity contribution in [2.24, 2.45) is 5.92 Å². The monoisotopic (exact) mass is 416 g/mol. The molecule has 0 saturated carbocycles. The van der Waals surface area contributed by atoms with Gasteiger partial charge in [-0.25, -0.2) is 0 Å². The molecule has 0 aliphatic carbocycles. The Hall–Kier alpha value is -2.53. The lowest BCUT2D eigenvalue weighted by molar-refractivity contribution is -0.118. The zero-order valence-electron chi connectivity index (χ0n) is 17.8. The maximum Gasteiger partial charge on any atom is 0.251 e. The first kappa shape index (κ1) is 22.8. The number of amides is 2. The average molecular weight is 417 g/mol. The number of nitrogens with one attached hydrogen (secondary N) is 2. The largest absolute Gasteiger partial charge is 0.495 e. The number of hydrogen-bond donors (Lipinski definition) is 2. The third-order valence-electron chi connectivity index (χ3n) is 4.67. The number of halogens is 1. The molecule has 2 aromatic rings. The summed E-state index contributed by atoms with van der Waals surface area (Å²) in [6.07, 6.45) is 0. The highest BCUT2D eigenvalue weighted by atomic mass is 35.5. The summed E-state index contributed by atoms with van der Waals surface area (Å²) < 4.78 is 5.12. The first-order chi connectivity index (χ1) is 13.5. The molecule has 1 atom stereocenters. The predicted octanol–water partition coefficient (Wildman–Crippen LogP) is 5.04. The third kappa shape index (κ3) is 5.97. The van der Waals surface area contributed by atoms with E-state index in [4.69, 9.17) is 16.3 Å². The number of rotatable bonds is 6. The molecule has 5 nitrogen and oxygen atoms in total. The molecule has 29 heavy (non-hydrogen) atoms. The highest BCUT2D eigenvalue weighted by Crippen LogP contribution is 2.27. The minimum absolute atomic E-state index is 0.00893. The second-order valence-corrected chi connectivity index (χ2v) is 8.77. The van der Waals surface area contributed by atoms with Crippen molar-refractivity contribution >= 4 is 29.1 Å². The molecule has 156 valence electrons. The molecule has 2 amide bonds. The van der Waals surface area contributed by atoms with Gasteiger partial charge in [0.05, 0.1) is 12.1 Å². The molecule has 0 aromatic heterocycles. The summed E-state index contributed by atoms with van der Waals surface area (Å²) in [6, 6.07) is 11.8. The van der Waals surface area contributed by atoms with Crippen molar-refractivity contribution in [2.75, 3.05) is 12.4 Å². The first-order valence-corrected chi connectivity index (χ1v) is 9.96. The minimum atomic E-state index is -0.689. The second-order valence-electron chi connectivity index (χ2n) is 8.36. The molecule has 0 heterocycles. The number of benzene rings is 2. The molecule has 2 aromatic carbocycles. The summed E-state index contributed by atoms with van der Waals surface area (Å²) in [4.78, 5) is 25.5. The fraction of sp³-hybridized carbons (Fsp3) is 0.391. The molecule has 0 unspecified atom stereocenters. The standard InChI is InChI=1S/C23H29ClN2O3/c1-14(2)20(22(28)25-17-11-12-19(29-6)18(24)13-17)26-21(27)15-7-9-16(10-8-15)23(3,4)5/h7-14,20H,1-6H3,(H,25,28)(H,26,27)/t20-/m0/s1. The SMILES string of the molecule is COc1ccc(NC(=O)[C@@H](NC(=O)c2ccc(C(C)(C)C)cc2)C(C)C)cc1Cl. The van der Waals surface area contributed by atoms with Gasteiger partial charge in [-0.1, -0.05) is 58.4 Å². The van der Waals surface area contributed by atoms with Gasteiger partial charge in [-0.05, 0) is 47.2 Å². The Balaban J connectivity index is 2.11. The summed E-state index contributed by atoms with van der Waals surface area (Å²) >= 11 is 6.12. The van der Waals surface area contributed by atoms with Crippen LogP contribution in [-0.4, -0.2) is 25.0 Å². The van der Waals surface area contributed by atoms with E-state index >= 15 is 0 Å². The smallest absolute Gasteiger partial charge is 0.251 e. The molecule has 0 aliphatic heterocycles. The van der Waals surface area contributed by atoms with Gasteiger partial charge in [0, 0.05) is 11.3 Å². The maximum atomic E-state index is 12.8. The van der Waals surface area contributed by atoms with Crippen molar-refractivity contribution in [3.63, 3.8) is 0 Å². The lowest BCUT2D eigenvalue weighted by atomic mass is 9.86. The van der Waals surface area contributed by atoms with Gasteiger partial charge in [0.1, 0.15) is 11.8 Å². The Morgan fingerprint density at radius 2 is 1.66 bits per heavy atom. The lowest BCUT2D eigenvalue weighted by Crippen LogP contribution is -2.47. The van der Waals surface area contributed by atoms with E-state index in [1.54, 1.807) is 30.3 Å². The van der Waals surface area contributed by atoms with Crippen molar-refractivity contribution in [2.45, 2.75) is 46.1 Å². The molecule has 0 radical (unpaired) electrons. The lowest BCUT2D eigenvalue weighted by Gasteiger charge is -2.22. The van der Waals surface area contributed by atoms with Gasteiger partial charge in [-0.3, -0.25) is 9.59 Å². The van der Waals surface area contributed by atoms with Crippen molar-refractivity contribution in [1.82, 2.24) is 5.32 Å². The van der Waals surface area contributed by atoms with Crippen LogP contribution in [0.5, 0.6) is 5.75 Å². The summed E-state index contributed by atoms with van der Waals surface area (Å²) in [5.74, 6) is -0.161. The topological polar surface area (TPSA) is 67.4 Å². The van der Waals surface area contributed by atoms with E-state index in [0.717, 1.165) is 5.56 Å². The molecule has 0 fully saturated rings. The highest BCUT2D eigenvalue weighted by molar-refractivity contribution is 6.32. The van der Waals surface area contributed by atoms with Gasteiger partial charge >= 0.3 is 0 Å². The van der Waals surface area contributed by atoms with E-state index in [1.165, 1.54) is 7.11 Å². The van der Waals surface area contributed by atoms with Crippen LogP contribution in [0.1, 0.15) is 50.5 Å². The molecule has 6 heteroatoms. The number of ether oxygens (including phenoxy) is 1. The second kappa shape index (κ2) is 9.31. The molecule has 2 rings (SSSR count). The summed E-state index contributed by atoms with van der Waals surface area (Å²) in [5, 5.41) is 6.04. The van der Waals surface area contributed by atoms with Gasteiger partial charge in [-0.2, -0.15) is 0 Å². The van der Waals surface area contributed by atoms with Crippen molar-refractivity contribution in [3.05, 3.63) is 58.6 Å². The van der Waals surface area contributed by atoms with E-state index in [1.807, 2.05) is 26.0 Å². The Labute approximate surface area is 177 Å². The van der Waals surface area contributed by atoms with E-state index in [-0.39, 0.29) is 23.1 Å². The Kier molecular flexibility index (Phi) is 7.31. The van der Waals surface area contributed by atoms with Crippen LogP contribution in [0.2, 0.25) is 5.02 Å². The van der Waals surface area contributed by atoms with Crippen LogP contribution in [0.4, 0.5) is 5.69 Å². The molecule has 0 bridgehead atoms. The quantitative estimate of drug-likeness (QED) is 0.693. The van der Waals surface area contributed by atoms with Crippen LogP contribution < -0.4 is 15.4 Å². The van der Waals surface area contributed by atoms with Gasteiger partial charge < -0.3 is 15.4 Å². The number of anilines is 1. The highest BCUT2D eigenvalue weighted by Gasteiger charge is 2.25. The van der Waals surface area contributed by atoms with E-state index in [2.05, 4.69) is 31.4 Å².